The summed E-state index contributed by atoms with van der Waals surface area (Å²) in [6, 6.07) is 16.6. The smallest absolute Gasteiger partial charge is 0.478 e. The molecule has 1 unspecified atom stereocenters. The predicted molar refractivity (Wildman–Crippen MR) is 117 cm³/mol. The summed E-state index contributed by atoms with van der Waals surface area (Å²) in [4.78, 5) is 21.0. The van der Waals surface area contributed by atoms with Gasteiger partial charge in [0.2, 0.25) is 0 Å². The van der Waals surface area contributed by atoms with Gasteiger partial charge in [-0.1, -0.05) is 48.3 Å². The Morgan fingerprint density at radius 1 is 1.27 bits per heavy atom. The Morgan fingerprint density at radius 3 is 2.77 bits per heavy atom. The normalized spacial score (nSPS) is 16.3. The van der Waals surface area contributed by atoms with Crippen LogP contribution in [0.1, 0.15) is 18.7 Å². The fraction of sp³-hybridized carbons (Fsp3) is 0.136. The minimum Gasteiger partial charge on any atom is -0.478 e. The molecule has 151 valence electrons. The van der Waals surface area contributed by atoms with Gasteiger partial charge in [0.25, 0.3) is 5.56 Å². The maximum Gasteiger partial charge on any atom is 2.00 e. The molecule has 1 aliphatic heterocycles. The first-order valence-corrected chi connectivity index (χ1v) is 9.45. The molecule has 4 rings (SSSR count). The number of aliphatic imine (C=N–C) groups is 2. The summed E-state index contributed by atoms with van der Waals surface area (Å²) in [7, 11) is 0. The van der Waals surface area contributed by atoms with E-state index in [4.69, 9.17) is 18.3 Å². The van der Waals surface area contributed by atoms with E-state index in [0.717, 1.165) is 16.8 Å². The molecule has 3 aromatic rings. The summed E-state index contributed by atoms with van der Waals surface area (Å²) in [5, 5.41) is 8.14. The number of benzene rings is 2. The quantitative estimate of drug-likeness (QED) is 0.349. The Balaban J connectivity index is 0.00000256. The molecule has 1 aliphatic rings. The zero-order valence-electron chi connectivity index (χ0n) is 16.0. The van der Waals surface area contributed by atoms with E-state index < -0.39 is 0 Å². The molecular weight excluding hydrogens is 441 g/mol. The van der Waals surface area contributed by atoms with Crippen molar-refractivity contribution in [3.63, 3.8) is 0 Å². The number of fused-ring (bicyclic) bond motifs is 1. The Hall–Kier alpha value is -2.70. The maximum absolute atomic E-state index is 13.4. The molecule has 2 aromatic carbocycles. The van der Waals surface area contributed by atoms with E-state index in [9.17, 15) is 4.79 Å². The Bertz CT molecular complexity index is 1190. The molecule has 0 bridgehead atoms. The SMILES string of the molecule is [CH-]=NC1=[C-]N=CNC1N[C@@H](C)c1cc2cccc(Cl)c2c(=O)n1-c1ccccc1.[Mn+2]. The van der Waals surface area contributed by atoms with Gasteiger partial charge in [-0.15, -0.1) is 0 Å². The minimum absolute atomic E-state index is 0. The molecule has 0 spiro atoms. The summed E-state index contributed by atoms with van der Waals surface area (Å²) in [6.45, 7) is 7.41. The van der Waals surface area contributed by atoms with Crippen LogP contribution in [0.25, 0.3) is 16.5 Å². The summed E-state index contributed by atoms with van der Waals surface area (Å²) >= 11 is 6.36. The van der Waals surface area contributed by atoms with Crippen LogP contribution in [0.5, 0.6) is 0 Å². The van der Waals surface area contributed by atoms with E-state index in [0.29, 0.717) is 16.1 Å². The van der Waals surface area contributed by atoms with E-state index in [2.05, 4.69) is 26.8 Å². The Labute approximate surface area is 189 Å². The first-order valence-electron chi connectivity index (χ1n) is 9.07. The molecular formula is C22H18ClMnN5O. The second-order valence-corrected chi connectivity index (χ2v) is 7.03. The van der Waals surface area contributed by atoms with Crippen LogP contribution < -0.4 is 16.2 Å². The zero-order chi connectivity index (χ0) is 20.4. The van der Waals surface area contributed by atoms with Crippen molar-refractivity contribution < 1.29 is 17.1 Å². The number of halogens is 1. The van der Waals surface area contributed by atoms with Gasteiger partial charge < -0.3 is 20.6 Å². The summed E-state index contributed by atoms with van der Waals surface area (Å²) in [6.07, 6.45) is 3.88. The fourth-order valence-corrected chi connectivity index (χ4v) is 3.68. The van der Waals surface area contributed by atoms with Gasteiger partial charge in [0.15, 0.2) is 0 Å². The number of hydrogen-bond acceptors (Lipinski definition) is 5. The number of para-hydroxylation sites is 1. The third kappa shape index (κ3) is 4.11. The fourth-order valence-electron chi connectivity index (χ4n) is 3.42. The topological polar surface area (TPSA) is 70.8 Å². The van der Waals surface area contributed by atoms with Crippen LogP contribution in [0, 0.1) is 6.20 Å². The van der Waals surface area contributed by atoms with Gasteiger partial charge in [-0.05, 0) is 36.6 Å². The summed E-state index contributed by atoms with van der Waals surface area (Å²) < 4.78 is 1.68. The zero-order valence-corrected chi connectivity index (χ0v) is 17.9. The van der Waals surface area contributed by atoms with Crippen molar-refractivity contribution in [2.24, 2.45) is 9.98 Å². The second-order valence-electron chi connectivity index (χ2n) is 6.62. The number of pyridine rings is 1. The van der Waals surface area contributed by atoms with Crippen LogP contribution >= 0.6 is 11.6 Å². The van der Waals surface area contributed by atoms with Crippen LogP contribution in [0.4, 0.5) is 0 Å². The van der Waals surface area contributed by atoms with Gasteiger partial charge in [0.1, 0.15) is 0 Å². The molecule has 0 fully saturated rings. The molecule has 6 nitrogen and oxygen atoms in total. The molecule has 0 saturated heterocycles. The summed E-state index contributed by atoms with van der Waals surface area (Å²) in [5.41, 5.74) is 1.80. The van der Waals surface area contributed by atoms with E-state index in [-0.39, 0.29) is 34.8 Å². The van der Waals surface area contributed by atoms with Gasteiger partial charge in [-0.3, -0.25) is 9.36 Å². The van der Waals surface area contributed by atoms with Crippen molar-refractivity contribution in [2.45, 2.75) is 19.1 Å². The molecule has 8 heteroatoms. The number of nitrogens with zero attached hydrogens (tertiary/aromatic N) is 3. The Morgan fingerprint density at radius 2 is 2.03 bits per heavy atom. The first-order chi connectivity index (χ1) is 14.1. The maximum atomic E-state index is 13.4. The van der Waals surface area contributed by atoms with Gasteiger partial charge in [0, 0.05) is 23.6 Å². The molecule has 2 heterocycles. The molecule has 0 amide bonds. The van der Waals surface area contributed by atoms with Gasteiger partial charge >= 0.3 is 17.1 Å². The second kappa shape index (κ2) is 9.41. The third-order valence-electron chi connectivity index (χ3n) is 4.80. The van der Waals surface area contributed by atoms with Crippen molar-refractivity contribution >= 4 is 35.4 Å². The van der Waals surface area contributed by atoms with E-state index in [1.165, 1.54) is 6.34 Å². The van der Waals surface area contributed by atoms with Crippen LogP contribution in [0.15, 0.2) is 75.1 Å². The number of aromatic nitrogens is 1. The van der Waals surface area contributed by atoms with Crippen molar-refractivity contribution in [2.75, 3.05) is 0 Å². The van der Waals surface area contributed by atoms with Crippen LogP contribution in [-0.2, 0) is 17.1 Å². The Kier molecular flexibility index (Phi) is 6.90. The van der Waals surface area contributed by atoms with Crippen LogP contribution in [0.2, 0.25) is 5.02 Å². The average molecular weight is 459 g/mol. The summed E-state index contributed by atoms with van der Waals surface area (Å²) in [5.74, 6) is 0. The molecule has 30 heavy (non-hydrogen) atoms. The molecule has 0 aliphatic carbocycles. The molecule has 0 saturated carbocycles. The van der Waals surface area contributed by atoms with Gasteiger partial charge in [-0.2, -0.15) is 12.4 Å². The van der Waals surface area contributed by atoms with Crippen molar-refractivity contribution in [3.8, 4) is 5.69 Å². The van der Waals surface area contributed by atoms with Crippen molar-refractivity contribution in [1.82, 2.24) is 15.2 Å². The molecule has 2 atom stereocenters. The van der Waals surface area contributed by atoms with E-state index in [1.54, 1.807) is 10.6 Å². The third-order valence-corrected chi connectivity index (χ3v) is 5.11. The number of nitrogens with one attached hydrogen (secondary N) is 2. The molecule has 1 aromatic heterocycles. The minimum atomic E-state index is -0.387. The van der Waals surface area contributed by atoms with Gasteiger partial charge in [0.05, 0.1) is 10.4 Å². The number of hydrogen-bond donors (Lipinski definition) is 2. The van der Waals surface area contributed by atoms with Crippen molar-refractivity contribution in [1.29, 1.82) is 0 Å². The van der Waals surface area contributed by atoms with Crippen LogP contribution in [0.3, 0.4) is 0 Å². The van der Waals surface area contributed by atoms with E-state index >= 15 is 0 Å². The average Bonchev–Trinajstić information content (AvgIpc) is 2.74. The monoisotopic (exact) mass is 458 g/mol. The predicted octanol–water partition coefficient (Wildman–Crippen LogP) is 3.47. The van der Waals surface area contributed by atoms with Crippen LogP contribution in [-0.4, -0.2) is 23.8 Å². The van der Waals surface area contributed by atoms with E-state index in [1.807, 2.05) is 55.5 Å². The number of rotatable bonds is 5. The van der Waals surface area contributed by atoms with Crippen molar-refractivity contribution in [3.05, 3.63) is 87.6 Å². The largest absolute Gasteiger partial charge is 2.00 e. The van der Waals surface area contributed by atoms with Gasteiger partial charge in [-0.25, -0.2) is 6.20 Å². The molecule has 2 N–H and O–H groups in total. The first kappa shape index (κ1) is 22.0. The standard InChI is InChI=1S/C22H18ClN5O.Mn/c1-14(27-21-18(24-2)12-25-13-26-21)19-11-15-7-6-10-17(23)20(15)22(29)28(19)16-8-4-3-5-9-16;/h2-11,13-14,21,27H,1H3,(H,25,26);/q-2;+2/t14-,21?;/m0./s1. The molecule has 1 radical (unpaired) electrons.